The molecule has 10 heteroatoms. The van der Waals surface area contributed by atoms with Gasteiger partial charge in [0.05, 0.1) is 9.82 Å². The van der Waals surface area contributed by atoms with E-state index in [1.807, 2.05) is 0 Å². The molecule has 0 radical (unpaired) electrons. The summed E-state index contributed by atoms with van der Waals surface area (Å²) < 4.78 is 27.4. The molecule has 1 aromatic carbocycles. The molecule has 0 spiro atoms. The van der Waals surface area contributed by atoms with Crippen LogP contribution in [-0.2, 0) is 14.8 Å². The standard InChI is InChI=1S/C22H34N4O5S/c1-17-5-3-11-24(16-17)12-4-10-23-22(27)19-8-13-25(14-9-19)32(30,31)21-15-20(26(28)29)7-6-18(21)2/h6-7,15,17,19H,3-5,8-14,16H2,1-2H3,(H,23,27). The number of amides is 1. The van der Waals surface area contributed by atoms with Gasteiger partial charge in [0.1, 0.15) is 0 Å². The van der Waals surface area contributed by atoms with Crippen LogP contribution < -0.4 is 5.32 Å². The molecule has 32 heavy (non-hydrogen) atoms. The largest absolute Gasteiger partial charge is 0.356 e. The van der Waals surface area contributed by atoms with E-state index in [-0.39, 0.29) is 35.5 Å². The third kappa shape index (κ3) is 6.05. The van der Waals surface area contributed by atoms with Crippen molar-refractivity contribution in [3.8, 4) is 0 Å². The Labute approximate surface area is 190 Å². The fourth-order valence-electron chi connectivity index (χ4n) is 4.63. The lowest BCUT2D eigenvalue weighted by Gasteiger charge is -2.31. The molecule has 1 amide bonds. The highest BCUT2D eigenvalue weighted by atomic mass is 32.2. The number of non-ortho nitro benzene ring substituents is 1. The Bertz CT molecular complexity index is 928. The molecular weight excluding hydrogens is 432 g/mol. The molecule has 2 aliphatic rings. The van der Waals surface area contributed by atoms with Crippen LogP contribution in [0.1, 0.15) is 44.6 Å². The Hall–Kier alpha value is -2.04. The fourth-order valence-corrected chi connectivity index (χ4v) is 6.34. The van der Waals surface area contributed by atoms with Crippen LogP contribution >= 0.6 is 0 Å². The van der Waals surface area contributed by atoms with Crippen molar-refractivity contribution in [2.75, 3.05) is 39.3 Å². The average Bonchev–Trinajstić information content (AvgIpc) is 2.76. The SMILES string of the molecule is Cc1ccc([N+](=O)[O-])cc1S(=O)(=O)N1CCC(C(=O)NCCCN2CCCC(C)C2)CC1. The number of nitrogens with one attached hydrogen (secondary N) is 1. The Morgan fingerprint density at radius 1 is 1.22 bits per heavy atom. The van der Waals surface area contributed by atoms with E-state index in [9.17, 15) is 23.3 Å². The quantitative estimate of drug-likeness (QED) is 0.358. The lowest BCUT2D eigenvalue weighted by Crippen LogP contribution is -2.43. The molecule has 2 aliphatic heterocycles. The summed E-state index contributed by atoms with van der Waals surface area (Å²) >= 11 is 0. The lowest BCUT2D eigenvalue weighted by atomic mass is 9.97. The normalized spacial score (nSPS) is 21.4. The van der Waals surface area contributed by atoms with Crippen molar-refractivity contribution in [1.29, 1.82) is 0 Å². The van der Waals surface area contributed by atoms with E-state index in [2.05, 4.69) is 17.1 Å². The summed E-state index contributed by atoms with van der Waals surface area (Å²) in [4.78, 5) is 25.4. The number of aryl methyl sites for hydroxylation is 1. The summed E-state index contributed by atoms with van der Waals surface area (Å²) in [6, 6.07) is 3.87. The number of nitro groups is 1. The molecule has 2 fully saturated rings. The van der Waals surface area contributed by atoms with Crippen LogP contribution in [0.2, 0.25) is 0 Å². The maximum Gasteiger partial charge on any atom is 0.270 e. The molecule has 1 atom stereocenters. The predicted molar refractivity (Wildman–Crippen MR) is 122 cm³/mol. The summed E-state index contributed by atoms with van der Waals surface area (Å²) in [6.07, 6.45) is 4.34. The first-order valence-corrected chi connectivity index (χ1v) is 12.9. The van der Waals surface area contributed by atoms with Crippen LogP contribution in [0.5, 0.6) is 0 Å². The van der Waals surface area contributed by atoms with Gasteiger partial charge in [-0.1, -0.05) is 13.0 Å². The molecule has 3 rings (SSSR count). The number of hydrogen-bond acceptors (Lipinski definition) is 6. The number of hydrogen-bond donors (Lipinski definition) is 1. The second-order valence-electron chi connectivity index (χ2n) is 9.08. The number of rotatable bonds is 8. The van der Waals surface area contributed by atoms with E-state index in [1.165, 1.54) is 29.3 Å². The van der Waals surface area contributed by atoms with Gasteiger partial charge in [0, 0.05) is 44.2 Å². The number of nitro benzene ring substituents is 1. The van der Waals surface area contributed by atoms with Gasteiger partial charge in [-0.3, -0.25) is 14.9 Å². The Kier molecular flexibility index (Phi) is 8.24. The highest BCUT2D eigenvalue weighted by Gasteiger charge is 2.33. The minimum absolute atomic E-state index is 0.0133. The van der Waals surface area contributed by atoms with Crippen molar-refractivity contribution in [1.82, 2.24) is 14.5 Å². The summed E-state index contributed by atoms with van der Waals surface area (Å²) in [6.45, 7) is 8.25. The summed E-state index contributed by atoms with van der Waals surface area (Å²) in [5, 5.41) is 14.1. The van der Waals surface area contributed by atoms with Gasteiger partial charge in [0.2, 0.25) is 15.9 Å². The molecule has 0 aliphatic carbocycles. The third-order valence-corrected chi connectivity index (χ3v) is 8.56. The Morgan fingerprint density at radius 3 is 2.59 bits per heavy atom. The number of nitrogens with zero attached hydrogens (tertiary/aromatic N) is 3. The zero-order chi connectivity index (χ0) is 23.3. The molecule has 1 N–H and O–H groups in total. The van der Waals surface area contributed by atoms with Crippen LogP contribution in [0.3, 0.4) is 0 Å². The van der Waals surface area contributed by atoms with E-state index < -0.39 is 14.9 Å². The van der Waals surface area contributed by atoms with Gasteiger partial charge in [0.15, 0.2) is 0 Å². The maximum atomic E-state index is 13.0. The summed E-state index contributed by atoms with van der Waals surface area (Å²) in [5.74, 6) is 0.522. The van der Waals surface area contributed by atoms with E-state index in [4.69, 9.17) is 0 Å². The van der Waals surface area contributed by atoms with Crippen LogP contribution in [0.4, 0.5) is 5.69 Å². The second kappa shape index (κ2) is 10.7. The monoisotopic (exact) mass is 466 g/mol. The minimum Gasteiger partial charge on any atom is -0.356 e. The molecule has 1 unspecified atom stereocenters. The third-order valence-electron chi connectivity index (χ3n) is 6.52. The Balaban J connectivity index is 1.47. The second-order valence-corrected chi connectivity index (χ2v) is 11.0. The number of sulfonamides is 1. The first-order valence-electron chi connectivity index (χ1n) is 11.4. The fraction of sp³-hybridized carbons (Fsp3) is 0.682. The first-order chi connectivity index (χ1) is 15.2. The predicted octanol–water partition coefficient (Wildman–Crippen LogP) is 2.54. The number of likely N-dealkylation sites (tertiary alicyclic amines) is 1. The molecular formula is C22H34N4O5S. The highest BCUT2D eigenvalue weighted by Crippen LogP contribution is 2.28. The number of piperidine rings is 2. The first kappa shape index (κ1) is 24.6. The van der Waals surface area contributed by atoms with Crippen molar-refractivity contribution in [2.24, 2.45) is 11.8 Å². The smallest absolute Gasteiger partial charge is 0.270 e. The number of carbonyl (C=O) groups is 1. The van der Waals surface area contributed by atoms with Gasteiger partial charge in [-0.15, -0.1) is 0 Å². The summed E-state index contributed by atoms with van der Waals surface area (Å²) in [5.41, 5.74) is 0.223. The number of benzene rings is 1. The molecule has 1 aromatic rings. The highest BCUT2D eigenvalue weighted by molar-refractivity contribution is 7.89. The van der Waals surface area contributed by atoms with Crippen molar-refractivity contribution in [3.63, 3.8) is 0 Å². The minimum atomic E-state index is -3.84. The molecule has 2 heterocycles. The van der Waals surface area contributed by atoms with E-state index in [0.29, 0.717) is 24.9 Å². The topological polar surface area (TPSA) is 113 Å². The van der Waals surface area contributed by atoms with E-state index >= 15 is 0 Å². The van der Waals surface area contributed by atoms with Crippen LogP contribution in [0.25, 0.3) is 0 Å². The number of carbonyl (C=O) groups excluding carboxylic acids is 1. The van der Waals surface area contributed by atoms with E-state index in [1.54, 1.807) is 6.92 Å². The Morgan fingerprint density at radius 2 is 1.94 bits per heavy atom. The zero-order valence-electron chi connectivity index (χ0n) is 19.0. The van der Waals surface area contributed by atoms with Gasteiger partial charge in [-0.25, -0.2) is 8.42 Å². The zero-order valence-corrected chi connectivity index (χ0v) is 19.8. The van der Waals surface area contributed by atoms with Crippen LogP contribution in [0, 0.1) is 28.9 Å². The van der Waals surface area contributed by atoms with Crippen molar-refractivity contribution >= 4 is 21.6 Å². The lowest BCUT2D eigenvalue weighted by molar-refractivity contribution is -0.385. The van der Waals surface area contributed by atoms with Gasteiger partial charge in [-0.05, 0) is 63.6 Å². The van der Waals surface area contributed by atoms with Gasteiger partial charge in [0.25, 0.3) is 5.69 Å². The summed E-state index contributed by atoms with van der Waals surface area (Å²) in [7, 11) is -3.84. The molecule has 2 saturated heterocycles. The average molecular weight is 467 g/mol. The van der Waals surface area contributed by atoms with Gasteiger partial charge in [-0.2, -0.15) is 4.31 Å². The van der Waals surface area contributed by atoms with Crippen LogP contribution in [0.15, 0.2) is 23.1 Å². The van der Waals surface area contributed by atoms with E-state index in [0.717, 1.165) is 38.0 Å². The van der Waals surface area contributed by atoms with Gasteiger partial charge < -0.3 is 10.2 Å². The molecule has 9 nitrogen and oxygen atoms in total. The molecule has 0 aromatic heterocycles. The van der Waals surface area contributed by atoms with Gasteiger partial charge >= 0.3 is 0 Å². The maximum absolute atomic E-state index is 13.0. The molecule has 0 bridgehead atoms. The van der Waals surface area contributed by atoms with Crippen LogP contribution in [-0.4, -0.2) is 67.7 Å². The molecule has 0 saturated carbocycles. The molecule has 178 valence electrons. The van der Waals surface area contributed by atoms with Crippen molar-refractivity contribution in [2.45, 2.75) is 50.8 Å². The van der Waals surface area contributed by atoms with Crippen molar-refractivity contribution in [3.05, 3.63) is 33.9 Å². The van der Waals surface area contributed by atoms with Crippen molar-refractivity contribution < 1.29 is 18.1 Å².